The Balaban J connectivity index is 1.23. The first kappa shape index (κ1) is 42.8. The standard InChI is InChI=1S/C37H48N9O10P/c47-30(38-12-11-31(48)45-21-25-5-1-2-6-26(25)36-35(39-40-46(36)57)27-7-3-4-8-28(27)45)10-9-29(37(55)56)44-19-17-42(23-33(51)52)15-13-41(22-32(49)50)14-16-43(18-20-44)24-34(53)54/h1-8,29H,9-24,57H2,(H,38,47)(H,49,50)(H,51,52)(H,53,54)(H,55,56). The van der Waals surface area contributed by atoms with Crippen LogP contribution in [0.15, 0.2) is 48.5 Å². The highest BCUT2D eigenvalue weighted by molar-refractivity contribution is 7.14. The van der Waals surface area contributed by atoms with Crippen molar-refractivity contribution < 1.29 is 49.2 Å². The number of para-hydroxylation sites is 1. The number of nitrogens with one attached hydrogen (secondary N) is 1. The predicted molar refractivity (Wildman–Crippen MR) is 209 cm³/mol. The van der Waals surface area contributed by atoms with Crippen LogP contribution in [0.1, 0.15) is 24.8 Å². The van der Waals surface area contributed by atoms with E-state index in [9.17, 15) is 49.2 Å². The molecule has 2 aliphatic heterocycles. The Morgan fingerprint density at radius 1 is 0.702 bits per heavy atom. The molecule has 306 valence electrons. The number of aliphatic carboxylic acids is 4. The highest BCUT2D eigenvalue weighted by Crippen LogP contribution is 2.41. The number of hydrogen-bond acceptors (Lipinski definition) is 12. The quantitative estimate of drug-likeness (QED) is 0.138. The lowest BCUT2D eigenvalue weighted by molar-refractivity contribution is -0.145. The molecule has 3 heterocycles. The number of benzene rings is 2. The number of carbonyl (C=O) groups is 6. The molecule has 19 nitrogen and oxygen atoms in total. The van der Waals surface area contributed by atoms with Crippen LogP contribution in [-0.2, 0) is 35.3 Å². The Bertz CT molecular complexity index is 1910. The third-order valence-electron chi connectivity index (χ3n) is 10.0. The molecule has 2 atom stereocenters. The molecule has 2 unspecified atom stereocenters. The van der Waals surface area contributed by atoms with Gasteiger partial charge in [0.05, 0.1) is 31.9 Å². The molecule has 0 bridgehead atoms. The van der Waals surface area contributed by atoms with Gasteiger partial charge in [-0.1, -0.05) is 47.7 Å². The Hall–Kier alpha value is -5.33. The first-order valence-corrected chi connectivity index (χ1v) is 19.1. The van der Waals surface area contributed by atoms with Gasteiger partial charge in [0.2, 0.25) is 11.8 Å². The summed E-state index contributed by atoms with van der Waals surface area (Å²) in [4.78, 5) is 82.4. The van der Waals surface area contributed by atoms with Crippen molar-refractivity contribution in [3.05, 3.63) is 54.1 Å². The number of hydrogen-bond donors (Lipinski definition) is 5. The van der Waals surface area contributed by atoms with Gasteiger partial charge >= 0.3 is 23.9 Å². The number of rotatable bonds is 14. The van der Waals surface area contributed by atoms with Crippen molar-refractivity contribution in [1.82, 2.24) is 39.7 Å². The summed E-state index contributed by atoms with van der Waals surface area (Å²) in [6, 6.07) is 13.9. The van der Waals surface area contributed by atoms with Crippen molar-refractivity contribution in [2.45, 2.75) is 31.8 Å². The maximum absolute atomic E-state index is 13.8. The van der Waals surface area contributed by atoms with E-state index in [4.69, 9.17) is 0 Å². The van der Waals surface area contributed by atoms with Crippen LogP contribution in [0.4, 0.5) is 5.69 Å². The van der Waals surface area contributed by atoms with Gasteiger partial charge in [0.1, 0.15) is 17.4 Å². The van der Waals surface area contributed by atoms with Crippen LogP contribution in [0.5, 0.6) is 0 Å². The highest BCUT2D eigenvalue weighted by atomic mass is 31.0. The second-order valence-corrected chi connectivity index (χ2v) is 14.4. The molecule has 0 radical (unpaired) electrons. The predicted octanol–water partition coefficient (Wildman–Crippen LogP) is 0.312. The van der Waals surface area contributed by atoms with Crippen molar-refractivity contribution in [2.24, 2.45) is 0 Å². The summed E-state index contributed by atoms with van der Waals surface area (Å²) < 4.78 is 1.63. The van der Waals surface area contributed by atoms with E-state index in [1.807, 2.05) is 48.5 Å². The summed E-state index contributed by atoms with van der Waals surface area (Å²) in [7, 11) is 2.55. The van der Waals surface area contributed by atoms with Gasteiger partial charge in [-0.2, -0.15) is 0 Å². The Kier molecular flexibility index (Phi) is 15.2. The normalized spacial score (nSPS) is 16.7. The minimum atomic E-state index is -1.20. The van der Waals surface area contributed by atoms with Crippen molar-refractivity contribution in [2.75, 3.05) is 83.4 Å². The highest BCUT2D eigenvalue weighted by Gasteiger charge is 2.30. The number of carbonyl (C=O) groups excluding carboxylic acids is 2. The molecule has 0 aliphatic carbocycles. The molecule has 1 saturated heterocycles. The number of fused-ring (bicyclic) bond motifs is 5. The maximum Gasteiger partial charge on any atom is 0.320 e. The van der Waals surface area contributed by atoms with E-state index in [0.29, 0.717) is 11.4 Å². The van der Waals surface area contributed by atoms with Crippen molar-refractivity contribution in [1.29, 1.82) is 0 Å². The van der Waals surface area contributed by atoms with Gasteiger partial charge < -0.3 is 30.6 Å². The largest absolute Gasteiger partial charge is 0.480 e. The van der Waals surface area contributed by atoms with E-state index in [1.54, 1.807) is 29.0 Å². The molecule has 57 heavy (non-hydrogen) atoms. The van der Waals surface area contributed by atoms with E-state index >= 15 is 0 Å². The fraction of sp³-hybridized carbons (Fsp3) is 0.459. The van der Waals surface area contributed by atoms with Crippen molar-refractivity contribution >= 4 is 50.8 Å². The van der Waals surface area contributed by atoms with Crippen LogP contribution >= 0.6 is 9.39 Å². The maximum atomic E-state index is 13.8. The monoisotopic (exact) mass is 809 g/mol. The molecule has 0 saturated carbocycles. The molecule has 3 aromatic rings. The van der Waals surface area contributed by atoms with Crippen LogP contribution in [0.2, 0.25) is 0 Å². The summed E-state index contributed by atoms with van der Waals surface area (Å²) >= 11 is 0. The van der Waals surface area contributed by atoms with E-state index < -0.39 is 35.8 Å². The number of aromatic nitrogens is 3. The van der Waals surface area contributed by atoms with Gasteiger partial charge in [0.25, 0.3) is 0 Å². The zero-order valence-electron chi connectivity index (χ0n) is 31.4. The molecule has 1 fully saturated rings. The summed E-state index contributed by atoms with van der Waals surface area (Å²) in [6.45, 7) is 0.458. The third kappa shape index (κ3) is 11.8. The van der Waals surface area contributed by atoms with Crippen molar-refractivity contribution in [3.8, 4) is 22.5 Å². The summed E-state index contributed by atoms with van der Waals surface area (Å²) in [5.74, 6) is -5.18. The zero-order valence-corrected chi connectivity index (χ0v) is 32.6. The second-order valence-electron chi connectivity index (χ2n) is 13.9. The Morgan fingerprint density at radius 2 is 1.23 bits per heavy atom. The van der Waals surface area contributed by atoms with Crippen molar-refractivity contribution in [3.63, 3.8) is 0 Å². The lowest BCUT2D eigenvalue weighted by atomic mass is 9.96. The van der Waals surface area contributed by atoms with Crippen LogP contribution in [0.25, 0.3) is 22.5 Å². The first-order valence-electron chi connectivity index (χ1n) is 18.6. The fourth-order valence-corrected chi connectivity index (χ4v) is 7.49. The number of carboxylic acid groups (broad SMARTS) is 4. The average molecular weight is 810 g/mol. The SMILES string of the molecule is O=C(O)CN1CCN(CC(=O)O)CCN(C(CCC(=O)NCCC(=O)N2Cc3ccccc3-c3c(nnn3P)-c3ccccc32)C(=O)O)CCN(CC(=O)O)CC1. The third-order valence-corrected chi connectivity index (χ3v) is 10.4. The molecule has 5 N–H and O–H groups in total. The molecular weight excluding hydrogens is 761 g/mol. The summed E-state index contributed by atoms with van der Waals surface area (Å²) in [5, 5.41) is 50.1. The number of amides is 2. The van der Waals surface area contributed by atoms with Crippen LogP contribution in [-0.4, -0.2) is 175 Å². The second kappa shape index (κ2) is 20.2. The van der Waals surface area contributed by atoms with Gasteiger partial charge in [0, 0.05) is 82.9 Å². The smallest absolute Gasteiger partial charge is 0.320 e. The molecule has 1 aromatic heterocycles. The molecule has 2 aromatic carbocycles. The van der Waals surface area contributed by atoms with Gasteiger partial charge in [-0.3, -0.25) is 48.4 Å². The minimum Gasteiger partial charge on any atom is -0.480 e. The molecule has 5 rings (SSSR count). The van der Waals surface area contributed by atoms with Gasteiger partial charge in [-0.25, -0.2) is 4.45 Å². The topological polar surface area (TPSA) is 242 Å². The Labute approximate surface area is 331 Å². The lowest BCUT2D eigenvalue weighted by Gasteiger charge is -2.35. The van der Waals surface area contributed by atoms with Gasteiger partial charge in [0.15, 0.2) is 0 Å². The zero-order chi connectivity index (χ0) is 41.1. The van der Waals surface area contributed by atoms with Crippen LogP contribution < -0.4 is 10.2 Å². The van der Waals surface area contributed by atoms with Gasteiger partial charge in [-0.05, 0) is 27.4 Å². The summed E-state index contributed by atoms with van der Waals surface area (Å²) in [5.41, 5.74) is 4.56. The van der Waals surface area contributed by atoms with E-state index in [2.05, 4.69) is 25.0 Å². The molecule has 0 spiro atoms. The van der Waals surface area contributed by atoms with Crippen LogP contribution in [0, 0.1) is 0 Å². The van der Waals surface area contributed by atoms with E-state index in [1.165, 1.54) is 0 Å². The minimum absolute atomic E-state index is 0.000339. The lowest BCUT2D eigenvalue weighted by Crippen LogP contribution is -2.52. The van der Waals surface area contributed by atoms with E-state index in [-0.39, 0.29) is 110 Å². The number of carboxylic acids is 4. The summed E-state index contributed by atoms with van der Waals surface area (Å²) in [6.07, 6.45) is -0.326. The van der Waals surface area contributed by atoms with Crippen LogP contribution in [0.3, 0.4) is 0 Å². The first-order chi connectivity index (χ1) is 27.3. The molecule has 20 heteroatoms. The average Bonchev–Trinajstić information content (AvgIpc) is 3.53. The Morgan fingerprint density at radius 3 is 1.79 bits per heavy atom. The van der Waals surface area contributed by atoms with Gasteiger partial charge in [-0.15, -0.1) is 5.10 Å². The molecule has 2 amide bonds. The fourth-order valence-electron chi connectivity index (χ4n) is 7.18. The molecular formula is C37H48N9O10P. The number of anilines is 1. The van der Waals surface area contributed by atoms with E-state index in [0.717, 1.165) is 22.4 Å². The number of nitrogens with zero attached hydrogens (tertiary/aromatic N) is 8. The molecule has 2 aliphatic rings.